The lowest BCUT2D eigenvalue weighted by Gasteiger charge is -2.15. The van der Waals surface area contributed by atoms with Crippen LogP contribution in [0.3, 0.4) is 0 Å². The van der Waals surface area contributed by atoms with E-state index in [0.717, 1.165) is 47.4 Å². The van der Waals surface area contributed by atoms with E-state index in [4.69, 9.17) is 9.47 Å². The number of fused-ring (bicyclic) bond motifs is 3. The van der Waals surface area contributed by atoms with Crippen LogP contribution in [0, 0.1) is 25.7 Å². The lowest BCUT2D eigenvalue weighted by Crippen LogP contribution is -2.06. The Bertz CT molecular complexity index is 1340. The molecule has 1 fully saturated rings. The van der Waals surface area contributed by atoms with Crippen LogP contribution in [0.15, 0.2) is 53.7 Å². The van der Waals surface area contributed by atoms with Crippen molar-refractivity contribution < 1.29 is 19.4 Å². The molecule has 3 atom stereocenters. The lowest BCUT2D eigenvalue weighted by molar-refractivity contribution is -0.139. The summed E-state index contributed by atoms with van der Waals surface area (Å²) in [7, 11) is 1.83. The zero-order chi connectivity index (χ0) is 26.1. The number of aliphatic carboxylic acids is 1. The second kappa shape index (κ2) is 10.4. The number of carbonyl (C=O) groups is 1. The molecule has 192 valence electrons. The SMILES string of the molecule is CN=C(C)CCCOc1cc(C)c(-c2cccc(COc3cc4c(cn3)[C@H]3[C@@H](C4)[C@@H]3C(=O)O)c2)c(C)c1. The third-order valence-electron chi connectivity index (χ3n) is 7.71. The number of pyridine rings is 1. The number of hydrogen-bond donors (Lipinski definition) is 1. The van der Waals surface area contributed by atoms with Gasteiger partial charge in [-0.25, -0.2) is 4.98 Å². The summed E-state index contributed by atoms with van der Waals surface area (Å²) in [5, 5.41) is 9.32. The highest BCUT2D eigenvalue weighted by atomic mass is 16.5. The van der Waals surface area contributed by atoms with E-state index < -0.39 is 5.97 Å². The molecule has 0 bridgehead atoms. The first kappa shape index (κ1) is 25.0. The van der Waals surface area contributed by atoms with Gasteiger partial charge in [-0.05, 0) is 103 Å². The van der Waals surface area contributed by atoms with Crippen LogP contribution in [0.1, 0.15) is 53.5 Å². The van der Waals surface area contributed by atoms with Gasteiger partial charge >= 0.3 is 5.97 Å². The zero-order valence-electron chi connectivity index (χ0n) is 22.0. The molecule has 1 N–H and O–H groups in total. The Morgan fingerprint density at radius 3 is 2.65 bits per heavy atom. The van der Waals surface area contributed by atoms with Crippen molar-refractivity contribution in [3.8, 4) is 22.8 Å². The highest BCUT2D eigenvalue weighted by Crippen LogP contribution is 2.61. The van der Waals surface area contributed by atoms with E-state index in [1.807, 2.05) is 26.2 Å². The van der Waals surface area contributed by atoms with Crippen LogP contribution in [0.5, 0.6) is 11.6 Å². The topological polar surface area (TPSA) is 81.0 Å². The number of aryl methyl sites for hydroxylation is 2. The van der Waals surface area contributed by atoms with Gasteiger partial charge in [0.25, 0.3) is 0 Å². The number of aromatic nitrogens is 1. The van der Waals surface area contributed by atoms with E-state index in [9.17, 15) is 9.90 Å². The number of carboxylic acids is 1. The fourth-order valence-electron chi connectivity index (χ4n) is 5.75. The van der Waals surface area contributed by atoms with Crippen molar-refractivity contribution >= 4 is 11.7 Å². The number of nitrogens with zero attached hydrogens (tertiary/aromatic N) is 2. The van der Waals surface area contributed by atoms with Crippen molar-refractivity contribution in [2.75, 3.05) is 13.7 Å². The normalized spacial score (nSPS) is 19.8. The Kier molecular flexibility index (Phi) is 7.00. The Hall–Kier alpha value is -3.67. The molecule has 2 aromatic carbocycles. The van der Waals surface area contributed by atoms with Gasteiger partial charge in [-0.1, -0.05) is 18.2 Å². The van der Waals surface area contributed by atoms with Gasteiger partial charge in [0.1, 0.15) is 12.4 Å². The van der Waals surface area contributed by atoms with Gasteiger partial charge in [-0.3, -0.25) is 9.79 Å². The Balaban J connectivity index is 1.23. The van der Waals surface area contributed by atoms with Gasteiger partial charge in [-0.15, -0.1) is 0 Å². The average Bonchev–Trinajstić information content (AvgIpc) is 3.47. The first-order valence-electron chi connectivity index (χ1n) is 13.0. The van der Waals surface area contributed by atoms with E-state index >= 15 is 0 Å². The number of carboxylic acid groups (broad SMARTS) is 1. The summed E-state index contributed by atoms with van der Waals surface area (Å²) in [5.41, 5.74) is 9.19. The molecule has 1 heterocycles. The van der Waals surface area contributed by atoms with Gasteiger partial charge < -0.3 is 14.6 Å². The molecular formula is C31H34N2O4. The molecule has 0 aliphatic heterocycles. The van der Waals surface area contributed by atoms with Crippen molar-refractivity contribution in [3.63, 3.8) is 0 Å². The number of aliphatic imine (C=N–C) groups is 1. The van der Waals surface area contributed by atoms with Gasteiger partial charge in [0.2, 0.25) is 5.88 Å². The Morgan fingerprint density at radius 1 is 1.14 bits per heavy atom. The molecule has 5 rings (SSSR count). The van der Waals surface area contributed by atoms with Crippen molar-refractivity contribution in [1.82, 2.24) is 4.98 Å². The predicted octanol–water partition coefficient (Wildman–Crippen LogP) is 6.16. The molecule has 0 saturated heterocycles. The molecule has 3 aromatic rings. The number of benzene rings is 2. The van der Waals surface area contributed by atoms with Crippen LogP contribution in [-0.4, -0.2) is 35.4 Å². The van der Waals surface area contributed by atoms with E-state index in [1.54, 1.807) is 0 Å². The summed E-state index contributed by atoms with van der Waals surface area (Å²) in [6.07, 6.45) is 4.52. The molecule has 0 amide bonds. The van der Waals surface area contributed by atoms with Crippen LogP contribution in [0.2, 0.25) is 0 Å². The third-order valence-corrected chi connectivity index (χ3v) is 7.71. The molecule has 0 unspecified atom stereocenters. The Labute approximate surface area is 218 Å². The molecule has 0 spiro atoms. The van der Waals surface area contributed by atoms with Crippen LogP contribution in [-0.2, 0) is 17.8 Å². The standard InChI is InChI=1S/C31H34N2O4/c1-18-11-24(36-10-6-7-20(3)32-4)12-19(2)28(18)22-9-5-8-21(13-22)17-37-27-15-23-14-25-29(26(23)16-33-27)30(25)31(34)35/h5,8-9,11-13,15-16,25,29-30H,6-7,10,14,17H2,1-4H3,(H,34,35)/t25-,29-,30+/m1/s1. The van der Waals surface area contributed by atoms with E-state index in [0.29, 0.717) is 19.1 Å². The molecule has 1 saturated carbocycles. The maximum Gasteiger partial charge on any atom is 0.307 e. The van der Waals surface area contributed by atoms with Gasteiger partial charge in [0.15, 0.2) is 0 Å². The minimum atomic E-state index is -0.693. The number of ether oxygens (including phenoxy) is 2. The van der Waals surface area contributed by atoms with Crippen molar-refractivity contribution in [3.05, 3.63) is 76.5 Å². The van der Waals surface area contributed by atoms with Crippen LogP contribution in [0.25, 0.3) is 11.1 Å². The van der Waals surface area contributed by atoms with E-state index in [-0.39, 0.29) is 17.8 Å². The van der Waals surface area contributed by atoms with E-state index in [1.165, 1.54) is 22.3 Å². The maximum absolute atomic E-state index is 11.3. The fourth-order valence-corrected chi connectivity index (χ4v) is 5.75. The molecule has 6 heteroatoms. The molecule has 2 aliphatic carbocycles. The summed E-state index contributed by atoms with van der Waals surface area (Å²) < 4.78 is 12.0. The van der Waals surface area contributed by atoms with Crippen molar-refractivity contribution in [2.45, 2.75) is 52.6 Å². The predicted molar refractivity (Wildman–Crippen MR) is 145 cm³/mol. The number of hydrogen-bond acceptors (Lipinski definition) is 5. The van der Waals surface area contributed by atoms with Gasteiger partial charge in [0, 0.05) is 30.9 Å². The number of rotatable bonds is 10. The molecular weight excluding hydrogens is 464 g/mol. The largest absolute Gasteiger partial charge is 0.494 e. The maximum atomic E-state index is 11.3. The highest BCUT2D eigenvalue weighted by Gasteiger charge is 2.59. The zero-order valence-corrected chi connectivity index (χ0v) is 22.0. The van der Waals surface area contributed by atoms with Gasteiger partial charge in [0.05, 0.1) is 12.5 Å². The molecule has 6 nitrogen and oxygen atoms in total. The summed E-state index contributed by atoms with van der Waals surface area (Å²) in [4.78, 5) is 20.0. The molecule has 0 radical (unpaired) electrons. The lowest BCUT2D eigenvalue weighted by atomic mass is 9.94. The smallest absolute Gasteiger partial charge is 0.307 e. The first-order chi connectivity index (χ1) is 17.9. The second-order valence-electron chi connectivity index (χ2n) is 10.3. The highest BCUT2D eigenvalue weighted by molar-refractivity contribution is 5.81. The van der Waals surface area contributed by atoms with E-state index in [2.05, 4.69) is 60.2 Å². The second-order valence-corrected chi connectivity index (χ2v) is 10.3. The summed E-state index contributed by atoms with van der Waals surface area (Å²) in [6, 6.07) is 14.6. The quantitative estimate of drug-likeness (QED) is 0.267. The van der Waals surface area contributed by atoms with Crippen molar-refractivity contribution in [2.24, 2.45) is 16.8 Å². The molecule has 1 aromatic heterocycles. The van der Waals surface area contributed by atoms with Gasteiger partial charge in [-0.2, -0.15) is 0 Å². The molecule has 37 heavy (non-hydrogen) atoms. The Morgan fingerprint density at radius 2 is 1.92 bits per heavy atom. The fraction of sp³-hybridized carbons (Fsp3) is 0.387. The summed E-state index contributed by atoms with van der Waals surface area (Å²) in [6.45, 7) is 7.39. The monoisotopic (exact) mass is 498 g/mol. The summed E-state index contributed by atoms with van der Waals surface area (Å²) in [5.74, 6) is 0.923. The van der Waals surface area contributed by atoms with Crippen LogP contribution >= 0.6 is 0 Å². The minimum Gasteiger partial charge on any atom is -0.494 e. The van der Waals surface area contributed by atoms with Crippen LogP contribution in [0.4, 0.5) is 0 Å². The third kappa shape index (κ3) is 5.24. The molecule has 2 aliphatic rings. The average molecular weight is 499 g/mol. The minimum absolute atomic E-state index is 0.133. The van der Waals surface area contributed by atoms with Crippen molar-refractivity contribution in [1.29, 1.82) is 0 Å². The summed E-state index contributed by atoms with van der Waals surface area (Å²) >= 11 is 0. The first-order valence-corrected chi connectivity index (χ1v) is 13.0. The van der Waals surface area contributed by atoms with Crippen LogP contribution < -0.4 is 9.47 Å².